The van der Waals surface area contributed by atoms with Crippen LogP contribution in [-0.2, 0) is 10.2 Å². The minimum atomic E-state index is -3.29. The topological polar surface area (TPSA) is 61.4 Å². The van der Waals surface area contributed by atoms with Crippen molar-refractivity contribution in [1.29, 1.82) is 0 Å². The summed E-state index contributed by atoms with van der Waals surface area (Å²) in [5, 5.41) is 3.46. The molecule has 5 nitrogen and oxygen atoms in total. The van der Waals surface area contributed by atoms with Gasteiger partial charge in [0.15, 0.2) is 0 Å². The molecule has 2 rings (SSSR count). The van der Waals surface area contributed by atoms with Gasteiger partial charge in [0.1, 0.15) is 0 Å². The fourth-order valence-electron chi connectivity index (χ4n) is 3.32. The fourth-order valence-corrected chi connectivity index (χ4v) is 4.63. The Hall–Kier alpha value is -0.170. The van der Waals surface area contributed by atoms with Gasteiger partial charge in [0.2, 0.25) is 0 Å². The van der Waals surface area contributed by atoms with Crippen LogP contribution in [0.15, 0.2) is 0 Å². The van der Waals surface area contributed by atoms with E-state index in [0.717, 1.165) is 38.6 Å². The zero-order valence-electron chi connectivity index (χ0n) is 12.6. The highest BCUT2D eigenvalue weighted by Gasteiger charge is 2.27. The maximum absolute atomic E-state index is 12.4. The number of piperidine rings is 1. The van der Waals surface area contributed by atoms with Crippen LogP contribution in [0.2, 0.25) is 0 Å². The summed E-state index contributed by atoms with van der Waals surface area (Å²) in [5.41, 5.74) is 0. The van der Waals surface area contributed by atoms with Gasteiger partial charge in [-0.25, -0.2) is 4.72 Å². The lowest BCUT2D eigenvalue weighted by molar-refractivity contribution is 0.271. The molecule has 0 amide bonds. The highest BCUT2D eigenvalue weighted by atomic mass is 32.2. The molecule has 2 unspecified atom stereocenters. The monoisotopic (exact) mass is 303 g/mol. The van der Waals surface area contributed by atoms with Crippen LogP contribution in [0.5, 0.6) is 0 Å². The van der Waals surface area contributed by atoms with Crippen molar-refractivity contribution in [3.8, 4) is 0 Å². The van der Waals surface area contributed by atoms with Gasteiger partial charge < -0.3 is 5.32 Å². The van der Waals surface area contributed by atoms with E-state index >= 15 is 0 Å². The number of rotatable bonds is 5. The van der Waals surface area contributed by atoms with E-state index in [1.165, 1.54) is 12.8 Å². The second-order valence-electron chi connectivity index (χ2n) is 6.04. The molecule has 0 aliphatic carbocycles. The van der Waals surface area contributed by atoms with Crippen LogP contribution in [0.25, 0.3) is 0 Å². The van der Waals surface area contributed by atoms with E-state index in [1.54, 1.807) is 4.31 Å². The number of nitrogens with one attached hydrogen (secondary N) is 2. The molecule has 2 aliphatic heterocycles. The maximum atomic E-state index is 12.4. The molecule has 2 atom stereocenters. The first-order valence-electron chi connectivity index (χ1n) is 8.11. The summed E-state index contributed by atoms with van der Waals surface area (Å²) >= 11 is 0. The Kier molecular flexibility index (Phi) is 6.26. The predicted octanol–water partition coefficient (Wildman–Crippen LogP) is 1.48. The lowest BCUT2D eigenvalue weighted by atomic mass is 9.89. The van der Waals surface area contributed by atoms with Crippen LogP contribution in [0.4, 0.5) is 0 Å². The van der Waals surface area contributed by atoms with Crippen molar-refractivity contribution >= 4 is 10.2 Å². The summed E-state index contributed by atoms with van der Waals surface area (Å²) in [7, 11) is -3.29. The predicted molar refractivity (Wildman–Crippen MR) is 81.8 cm³/mol. The summed E-state index contributed by atoms with van der Waals surface area (Å²) in [6, 6.07) is 0.288. The van der Waals surface area contributed by atoms with E-state index in [9.17, 15) is 8.42 Å². The van der Waals surface area contributed by atoms with Gasteiger partial charge in [-0.1, -0.05) is 26.2 Å². The van der Waals surface area contributed by atoms with Gasteiger partial charge in [-0.15, -0.1) is 0 Å². The van der Waals surface area contributed by atoms with E-state index in [0.29, 0.717) is 25.6 Å². The molecule has 0 saturated carbocycles. The molecule has 6 heteroatoms. The molecule has 0 radical (unpaired) electrons. The first-order valence-corrected chi connectivity index (χ1v) is 9.55. The maximum Gasteiger partial charge on any atom is 0.279 e. The van der Waals surface area contributed by atoms with Crippen molar-refractivity contribution in [3.63, 3.8) is 0 Å². The van der Waals surface area contributed by atoms with E-state index in [-0.39, 0.29) is 6.04 Å². The first kappa shape index (κ1) is 16.2. The zero-order valence-corrected chi connectivity index (χ0v) is 13.4. The Morgan fingerprint density at radius 2 is 1.85 bits per heavy atom. The average Bonchev–Trinajstić information content (AvgIpc) is 2.75. The minimum Gasteiger partial charge on any atom is -0.312 e. The molecule has 2 fully saturated rings. The molecule has 2 aliphatic rings. The SMILES string of the molecule is CCC1CCCNC1CNS(=O)(=O)N1CCCCCC1. The van der Waals surface area contributed by atoms with Crippen LogP contribution in [0, 0.1) is 5.92 Å². The van der Waals surface area contributed by atoms with Crippen LogP contribution in [0.3, 0.4) is 0 Å². The standard InChI is InChI=1S/C14H29N3O2S/c1-2-13-8-7-9-15-14(13)12-16-20(18,19)17-10-5-3-4-6-11-17/h13-16H,2-12H2,1H3. The quantitative estimate of drug-likeness (QED) is 0.808. The van der Waals surface area contributed by atoms with Crippen molar-refractivity contribution in [2.45, 2.75) is 57.9 Å². The van der Waals surface area contributed by atoms with E-state index in [4.69, 9.17) is 0 Å². The second-order valence-corrected chi connectivity index (χ2v) is 7.79. The summed E-state index contributed by atoms with van der Waals surface area (Å²) in [6.45, 7) is 5.06. The fraction of sp³-hybridized carbons (Fsp3) is 1.00. The molecule has 118 valence electrons. The van der Waals surface area contributed by atoms with E-state index in [2.05, 4.69) is 17.0 Å². The highest BCUT2D eigenvalue weighted by Crippen LogP contribution is 2.19. The summed E-state index contributed by atoms with van der Waals surface area (Å²) in [4.78, 5) is 0. The molecule has 0 aromatic heterocycles. The Morgan fingerprint density at radius 3 is 2.50 bits per heavy atom. The smallest absolute Gasteiger partial charge is 0.279 e. The zero-order chi connectivity index (χ0) is 14.4. The van der Waals surface area contributed by atoms with Gasteiger partial charge in [0.25, 0.3) is 10.2 Å². The summed E-state index contributed by atoms with van der Waals surface area (Å²) < 4.78 is 29.2. The molecular formula is C14H29N3O2S. The minimum absolute atomic E-state index is 0.288. The average molecular weight is 303 g/mol. The van der Waals surface area contributed by atoms with E-state index < -0.39 is 10.2 Å². The Balaban J connectivity index is 1.87. The molecule has 2 N–H and O–H groups in total. The van der Waals surface area contributed by atoms with Crippen LogP contribution in [-0.4, -0.2) is 44.9 Å². The van der Waals surface area contributed by atoms with Gasteiger partial charge in [-0.05, 0) is 38.1 Å². The Labute approximate surface area is 123 Å². The van der Waals surface area contributed by atoms with Crippen LogP contribution in [0.1, 0.15) is 51.9 Å². The molecule has 0 bridgehead atoms. The van der Waals surface area contributed by atoms with Crippen LogP contribution < -0.4 is 10.0 Å². The number of hydrogen-bond acceptors (Lipinski definition) is 3. The van der Waals surface area contributed by atoms with Crippen molar-refractivity contribution in [2.24, 2.45) is 5.92 Å². The third-order valence-electron chi connectivity index (χ3n) is 4.64. The normalized spacial score (nSPS) is 30.1. The first-order chi connectivity index (χ1) is 9.63. The molecule has 2 heterocycles. The van der Waals surface area contributed by atoms with Crippen molar-refractivity contribution in [3.05, 3.63) is 0 Å². The van der Waals surface area contributed by atoms with Gasteiger partial charge in [-0.3, -0.25) is 0 Å². The number of nitrogens with zero attached hydrogens (tertiary/aromatic N) is 1. The van der Waals surface area contributed by atoms with E-state index in [1.807, 2.05) is 0 Å². The second kappa shape index (κ2) is 7.73. The highest BCUT2D eigenvalue weighted by molar-refractivity contribution is 7.87. The van der Waals surface area contributed by atoms with Gasteiger partial charge in [0, 0.05) is 25.7 Å². The molecule has 0 aromatic rings. The summed E-state index contributed by atoms with van der Waals surface area (Å²) in [5.74, 6) is 0.593. The Bertz CT molecular complexity index is 378. The third kappa shape index (κ3) is 4.41. The number of hydrogen-bond donors (Lipinski definition) is 2. The Morgan fingerprint density at radius 1 is 1.15 bits per heavy atom. The molecule has 20 heavy (non-hydrogen) atoms. The lowest BCUT2D eigenvalue weighted by Crippen LogP contribution is -2.51. The van der Waals surface area contributed by atoms with Gasteiger partial charge in [-0.2, -0.15) is 12.7 Å². The lowest BCUT2D eigenvalue weighted by Gasteiger charge is -2.32. The van der Waals surface area contributed by atoms with Crippen molar-refractivity contribution in [2.75, 3.05) is 26.2 Å². The molecule has 2 saturated heterocycles. The van der Waals surface area contributed by atoms with Gasteiger partial charge >= 0.3 is 0 Å². The molecular weight excluding hydrogens is 274 g/mol. The van der Waals surface area contributed by atoms with Crippen LogP contribution >= 0.6 is 0 Å². The van der Waals surface area contributed by atoms with Crippen molar-refractivity contribution < 1.29 is 8.42 Å². The van der Waals surface area contributed by atoms with Crippen molar-refractivity contribution in [1.82, 2.24) is 14.3 Å². The molecule has 0 spiro atoms. The summed E-state index contributed by atoms with van der Waals surface area (Å²) in [6.07, 6.45) is 7.79. The van der Waals surface area contributed by atoms with Gasteiger partial charge in [0.05, 0.1) is 0 Å². The third-order valence-corrected chi connectivity index (χ3v) is 6.22. The largest absolute Gasteiger partial charge is 0.312 e. The molecule has 0 aromatic carbocycles.